The molecule has 4 heteroatoms. The van der Waals surface area contributed by atoms with Gasteiger partial charge < -0.3 is 14.5 Å². The Kier molecular flexibility index (Phi) is 5.26. The van der Waals surface area contributed by atoms with E-state index in [4.69, 9.17) is 4.74 Å². The molecular formula is C39H37BN2O. The van der Waals surface area contributed by atoms with Crippen molar-refractivity contribution in [3.8, 4) is 11.5 Å². The standard InChI is InChI=1S/C39H37BN2O/c1-26-23-30-37-32(24-26)40-31-20-19-29(41(27-13-6-4-7-14-27)28-15-8-5-9-16-28)25-35(31)43-34-18-12-17-33(36(34)40)42(37)39(3)22-11-10-21-38(30,39)2/h4-9,12-20,23,25,32H,10-11,21-22,24H2,1-3H3. The monoisotopic (exact) mass is 560 g/mol. The fourth-order valence-electron chi connectivity index (χ4n) is 9.39. The quantitative estimate of drug-likeness (QED) is 0.233. The van der Waals surface area contributed by atoms with Crippen LogP contribution in [0.3, 0.4) is 0 Å². The van der Waals surface area contributed by atoms with Crippen molar-refractivity contribution >= 4 is 40.4 Å². The Morgan fingerprint density at radius 2 is 1.51 bits per heavy atom. The van der Waals surface area contributed by atoms with Gasteiger partial charge in [0.1, 0.15) is 11.5 Å². The van der Waals surface area contributed by atoms with E-state index in [0.29, 0.717) is 5.82 Å². The summed E-state index contributed by atoms with van der Waals surface area (Å²) in [7, 11) is 0. The lowest BCUT2D eigenvalue weighted by Gasteiger charge is -2.54. The van der Waals surface area contributed by atoms with Gasteiger partial charge in [-0.25, -0.2) is 0 Å². The molecule has 212 valence electrons. The summed E-state index contributed by atoms with van der Waals surface area (Å²) < 4.78 is 6.91. The number of hydrogen-bond donors (Lipinski definition) is 0. The SMILES string of the molecule is CC1=CC2=C3C(C1)B1c4ccc(N(c5ccccc5)c5ccccc5)cc4Oc4cccc(c41)N3C1(C)CCCCC21C. The first-order valence-electron chi connectivity index (χ1n) is 16.0. The molecule has 0 radical (unpaired) electrons. The first-order chi connectivity index (χ1) is 21.0. The van der Waals surface area contributed by atoms with Gasteiger partial charge in [0, 0.05) is 39.9 Å². The average molecular weight is 561 g/mol. The second-order valence-electron chi connectivity index (χ2n) is 13.7. The Bertz CT molecular complexity index is 1810. The van der Waals surface area contributed by atoms with Crippen LogP contribution in [0, 0.1) is 5.41 Å². The lowest BCUT2D eigenvalue weighted by molar-refractivity contribution is 0.153. The predicted molar refractivity (Wildman–Crippen MR) is 179 cm³/mol. The molecule has 0 spiro atoms. The molecule has 5 aliphatic rings. The summed E-state index contributed by atoms with van der Waals surface area (Å²) in [4.78, 5) is 5.13. The third kappa shape index (κ3) is 3.33. The maximum absolute atomic E-state index is 6.91. The van der Waals surface area contributed by atoms with Gasteiger partial charge in [-0.05, 0) is 97.9 Å². The summed E-state index contributed by atoms with van der Waals surface area (Å²) in [6, 6.07) is 35.0. The molecule has 2 aliphatic carbocycles. The molecule has 0 N–H and O–H groups in total. The molecule has 0 aromatic heterocycles. The van der Waals surface area contributed by atoms with E-state index in [2.05, 4.69) is 134 Å². The Hall–Kier alpha value is -4.18. The van der Waals surface area contributed by atoms with Crippen molar-refractivity contribution in [1.29, 1.82) is 0 Å². The van der Waals surface area contributed by atoms with Crippen LogP contribution in [0.4, 0.5) is 22.7 Å². The van der Waals surface area contributed by atoms with Gasteiger partial charge in [-0.3, -0.25) is 0 Å². The van der Waals surface area contributed by atoms with Gasteiger partial charge in [-0.1, -0.05) is 79.9 Å². The highest BCUT2D eigenvalue weighted by molar-refractivity contribution is 6.90. The molecule has 3 heterocycles. The molecule has 4 aromatic rings. The highest BCUT2D eigenvalue weighted by Gasteiger charge is 2.63. The van der Waals surface area contributed by atoms with Crippen LogP contribution in [0.5, 0.6) is 11.5 Å². The highest BCUT2D eigenvalue weighted by Crippen LogP contribution is 2.65. The molecule has 0 bridgehead atoms. The minimum atomic E-state index is 0.0887. The number of fused-ring (bicyclic) bond motifs is 7. The first-order valence-corrected chi connectivity index (χ1v) is 16.0. The second-order valence-corrected chi connectivity index (χ2v) is 13.7. The fraction of sp³-hybridized carbons (Fsp3) is 0.282. The maximum Gasteiger partial charge on any atom is 0.231 e. The van der Waals surface area contributed by atoms with Crippen molar-refractivity contribution in [2.75, 3.05) is 9.80 Å². The zero-order chi connectivity index (χ0) is 28.9. The van der Waals surface area contributed by atoms with Crippen LogP contribution in [-0.4, -0.2) is 12.3 Å². The molecule has 3 atom stereocenters. The van der Waals surface area contributed by atoms with Gasteiger partial charge in [-0.15, -0.1) is 0 Å². The number of benzene rings is 4. The van der Waals surface area contributed by atoms with Gasteiger partial charge in [0.2, 0.25) is 6.71 Å². The van der Waals surface area contributed by atoms with Crippen LogP contribution in [0.25, 0.3) is 0 Å². The van der Waals surface area contributed by atoms with Gasteiger partial charge in [-0.2, -0.15) is 0 Å². The second kappa shape index (κ2) is 8.92. The van der Waals surface area contributed by atoms with Crippen molar-refractivity contribution in [2.45, 2.75) is 64.2 Å². The van der Waals surface area contributed by atoms with E-state index in [-0.39, 0.29) is 17.7 Å². The number of ether oxygens (including phenoxy) is 1. The third-order valence-electron chi connectivity index (χ3n) is 11.5. The molecule has 0 amide bonds. The zero-order valence-corrected chi connectivity index (χ0v) is 25.3. The zero-order valence-electron chi connectivity index (χ0n) is 25.3. The van der Waals surface area contributed by atoms with Gasteiger partial charge in [0.15, 0.2) is 0 Å². The van der Waals surface area contributed by atoms with Crippen molar-refractivity contribution in [3.05, 3.63) is 120 Å². The highest BCUT2D eigenvalue weighted by atomic mass is 16.5. The van der Waals surface area contributed by atoms with E-state index in [1.165, 1.54) is 47.9 Å². The van der Waals surface area contributed by atoms with E-state index in [0.717, 1.165) is 35.0 Å². The number of anilines is 4. The molecule has 3 aliphatic heterocycles. The molecule has 9 rings (SSSR count). The van der Waals surface area contributed by atoms with Crippen molar-refractivity contribution in [3.63, 3.8) is 0 Å². The van der Waals surface area contributed by atoms with Gasteiger partial charge in [0.25, 0.3) is 0 Å². The van der Waals surface area contributed by atoms with Gasteiger partial charge in [0.05, 0.1) is 5.54 Å². The molecule has 43 heavy (non-hydrogen) atoms. The van der Waals surface area contributed by atoms with Crippen molar-refractivity contribution in [1.82, 2.24) is 0 Å². The van der Waals surface area contributed by atoms with Crippen LogP contribution in [-0.2, 0) is 0 Å². The summed E-state index contributed by atoms with van der Waals surface area (Å²) >= 11 is 0. The number of nitrogens with zero attached hydrogens (tertiary/aromatic N) is 2. The Labute approximate surface area is 255 Å². The molecular weight excluding hydrogens is 523 g/mol. The Morgan fingerprint density at radius 3 is 2.26 bits per heavy atom. The number of hydrogen-bond acceptors (Lipinski definition) is 3. The molecule has 1 fully saturated rings. The smallest absolute Gasteiger partial charge is 0.231 e. The maximum atomic E-state index is 6.91. The predicted octanol–water partition coefficient (Wildman–Crippen LogP) is 9.02. The third-order valence-corrected chi connectivity index (χ3v) is 11.5. The van der Waals surface area contributed by atoms with E-state index < -0.39 is 0 Å². The summed E-state index contributed by atoms with van der Waals surface area (Å²) in [5.41, 5.74) is 12.5. The summed E-state index contributed by atoms with van der Waals surface area (Å²) in [6.07, 6.45) is 8.79. The molecule has 0 saturated heterocycles. The number of rotatable bonds is 3. The first kappa shape index (κ1) is 25.3. The van der Waals surface area contributed by atoms with Crippen molar-refractivity contribution < 1.29 is 4.74 Å². The van der Waals surface area contributed by atoms with E-state index >= 15 is 0 Å². The van der Waals surface area contributed by atoms with E-state index in [1.54, 1.807) is 11.3 Å². The number of allylic oxidation sites excluding steroid dienone is 3. The summed E-state index contributed by atoms with van der Waals surface area (Å²) in [6.45, 7) is 7.76. The van der Waals surface area contributed by atoms with E-state index in [1.807, 2.05) is 0 Å². The Morgan fingerprint density at radius 1 is 0.791 bits per heavy atom. The Balaban J connectivity index is 1.24. The van der Waals surface area contributed by atoms with Gasteiger partial charge >= 0.3 is 0 Å². The molecule has 3 nitrogen and oxygen atoms in total. The van der Waals surface area contributed by atoms with Crippen LogP contribution < -0.4 is 25.5 Å². The fourth-order valence-corrected chi connectivity index (χ4v) is 9.39. The minimum Gasteiger partial charge on any atom is -0.458 e. The largest absolute Gasteiger partial charge is 0.458 e. The summed E-state index contributed by atoms with van der Waals surface area (Å²) in [5, 5.41) is 0. The number of para-hydroxylation sites is 2. The minimum absolute atomic E-state index is 0.0887. The van der Waals surface area contributed by atoms with Crippen molar-refractivity contribution in [2.24, 2.45) is 5.41 Å². The average Bonchev–Trinajstić information content (AvgIpc) is 3.24. The lowest BCUT2D eigenvalue weighted by Crippen LogP contribution is -2.61. The molecule has 4 aromatic carbocycles. The van der Waals surface area contributed by atoms with Crippen LogP contribution in [0.2, 0.25) is 5.82 Å². The molecule has 3 unspecified atom stereocenters. The molecule has 1 saturated carbocycles. The summed E-state index contributed by atoms with van der Waals surface area (Å²) in [5.74, 6) is 2.43. The lowest BCUT2D eigenvalue weighted by atomic mass is 9.29. The van der Waals surface area contributed by atoms with E-state index in [9.17, 15) is 0 Å². The van der Waals surface area contributed by atoms with Crippen LogP contribution in [0.1, 0.15) is 52.9 Å². The topological polar surface area (TPSA) is 15.7 Å². The van der Waals surface area contributed by atoms with Crippen LogP contribution in [0.15, 0.2) is 120 Å². The van der Waals surface area contributed by atoms with Crippen LogP contribution >= 0.6 is 0 Å². The normalized spacial score (nSPS) is 26.1.